The van der Waals surface area contributed by atoms with Gasteiger partial charge in [0.05, 0.1) is 0 Å². The fraction of sp³-hybridized carbons (Fsp3) is 0.0952. The first-order valence-corrected chi connectivity index (χ1v) is 9.24. The Labute approximate surface area is 172 Å². The van der Waals surface area contributed by atoms with Crippen LogP contribution in [0.1, 0.15) is 16.7 Å². The summed E-state index contributed by atoms with van der Waals surface area (Å²) in [5.41, 5.74) is 2.05. The second-order valence-electron chi connectivity index (χ2n) is 6.18. The van der Waals surface area contributed by atoms with E-state index in [1.807, 2.05) is 24.3 Å². The molecule has 1 heterocycles. The number of halogens is 1. The number of carbonyl (C=O) groups excluding carboxylic acids is 2. The average Bonchev–Trinajstić information content (AvgIpc) is 2.66. The molecular formula is C21H17ClN2O3S. The maximum Gasteiger partial charge on any atom is 0.265 e. The summed E-state index contributed by atoms with van der Waals surface area (Å²) >= 11 is 11.2. The SMILES string of the molecule is C=CCN1C(=O)C(=Cc2cc(Cc3ccccc3Cl)ccc2O)C(=O)NC1=S. The van der Waals surface area contributed by atoms with Crippen LogP contribution in [-0.4, -0.2) is 33.5 Å². The molecule has 1 aliphatic heterocycles. The summed E-state index contributed by atoms with van der Waals surface area (Å²) in [6.45, 7) is 3.76. The summed E-state index contributed by atoms with van der Waals surface area (Å²) in [4.78, 5) is 26.1. The number of carbonyl (C=O) groups is 2. The van der Waals surface area contributed by atoms with Crippen molar-refractivity contribution in [1.29, 1.82) is 0 Å². The van der Waals surface area contributed by atoms with Crippen LogP contribution in [0.3, 0.4) is 0 Å². The van der Waals surface area contributed by atoms with Gasteiger partial charge in [-0.15, -0.1) is 6.58 Å². The lowest BCUT2D eigenvalue weighted by Crippen LogP contribution is -2.53. The smallest absolute Gasteiger partial charge is 0.265 e. The van der Waals surface area contributed by atoms with Gasteiger partial charge < -0.3 is 5.11 Å². The highest BCUT2D eigenvalue weighted by molar-refractivity contribution is 7.80. The maximum absolute atomic E-state index is 12.6. The molecule has 3 rings (SSSR count). The molecule has 0 spiro atoms. The quantitative estimate of drug-likeness (QED) is 0.341. The van der Waals surface area contributed by atoms with Gasteiger partial charge in [0.15, 0.2) is 5.11 Å². The Morgan fingerprint density at radius 3 is 2.68 bits per heavy atom. The van der Waals surface area contributed by atoms with Gasteiger partial charge in [-0.3, -0.25) is 19.8 Å². The van der Waals surface area contributed by atoms with Crippen LogP contribution in [0.2, 0.25) is 5.02 Å². The van der Waals surface area contributed by atoms with E-state index < -0.39 is 11.8 Å². The average molecular weight is 413 g/mol. The number of benzene rings is 2. The molecule has 2 aromatic rings. The minimum Gasteiger partial charge on any atom is -0.507 e. The maximum atomic E-state index is 12.6. The van der Waals surface area contributed by atoms with E-state index in [0.29, 0.717) is 17.0 Å². The summed E-state index contributed by atoms with van der Waals surface area (Å²) in [6, 6.07) is 12.5. The van der Waals surface area contributed by atoms with E-state index in [1.165, 1.54) is 23.1 Å². The molecule has 5 nitrogen and oxygen atoms in total. The minimum absolute atomic E-state index is 0.0312. The molecule has 1 fully saturated rings. The molecule has 1 aliphatic rings. The summed E-state index contributed by atoms with van der Waals surface area (Å²) in [6.07, 6.45) is 3.42. The van der Waals surface area contributed by atoms with Crippen molar-refractivity contribution in [3.05, 3.63) is 82.4 Å². The minimum atomic E-state index is -0.605. The highest BCUT2D eigenvalue weighted by atomic mass is 35.5. The first kappa shape index (κ1) is 19.8. The number of hydrogen-bond acceptors (Lipinski definition) is 4. The number of phenols is 1. The van der Waals surface area contributed by atoms with Crippen LogP contribution in [0.25, 0.3) is 6.08 Å². The molecule has 0 aliphatic carbocycles. The third-order valence-corrected chi connectivity index (χ3v) is 4.93. The molecule has 2 aromatic carbocycles. The van der Waals surface area contributed by atoms with Crippen LogP contribution >= 0.6 is 23.8 Å². The van der Waals surface area contributed by atoms with Crippen LogP contribution in [0, 0.1) is 0 Å². The fourth-order valence-electron chi connectivity index (χ4n) is 2.84. The van der Waals surface area contributed by atoms with Crippen LogP contribution in [0.5, 0.6) is 5.75 Å². The van der Waals surface area contributed by atoms with Crippen molar-refractivity contribution < 1.29 is 14.7 Å². The molecule has 142 valence electrons. The second-order valence-corrected chi connectivity index (χ2v) is 6.98. The lowest BCUT2D eigenvalue weighted by molar-refractivity contribution is -0.128. The zero-order valence-electron chi connectivity index (χ0n) is 14.8. The van der Waals surface area contributed by atoms with Gasteiger partial charge in [-0.25, -0.2) is 0 Å². The Balaban J connectivity index is 1.95. The standard InChI is InChI=1S/C21H17ClN2O3S/c1-2-9-24-20(27)16(19(26)23-21(24)28)12-15-11-13(7-8-18(15)25)10-14-5-3-4-6-17(14)22/h2-8,11-12,25H,1,9-10H2,(H,23,26,28). The van der Waals surface area contributed by atoms with Crippen molar-refractivity contribution in [1.82, 2.24) is 10.2 Å². The van der Waals surface area contributed by atoms with E-state index >= 15 is 0 Å². The largest absolute Gasteiger partial charge is 0.507 e. The van der Waals surface area contributed by atoms with Crippen molar-refractivity contribution in [3.8, 4) is 5.75 Å². The van der Waals surface area contributed by atoms with Crippen molar-refractivity contribution in [2.45, 2.75) is 6.42 Å². The van der Waals surface area contributed by atoms with E-state index in [0.717, 1.165) is 11.1 Å². The normalized spacial score (nSPS) is 15.7. The third-order valence-electron chi connectivity index (χ3n) is 4.24. The molecule has 28 heavy (non-hydrogen) atoms. The second kappa shape index (κ2) is 8.37. The van der Waals surface area contributed by atoms with Crippen molar-refractivity contribution in [2.75, 3.05) is 6.54 Å². The summed E-state index contributed by atoms with van der Waals surface area (Å²) < 4.78 is 0. The zero-order valence-corrected chi connectivity index (χ0v) is 16.4. The molecule has 0 bridgehead atoms. The number of thiocarbonyl (C=S) groups is 1. The van der Waals surface area contributed by atoms with Gasteiger partial charge in [-0.1, -0.05) is 41.9 Å². The van der Waals surface area contributed by atoms with Gasteiger partial charge in [0.1, 0.15) is 11.3 Å². The predicted octanol–water partition coefficient (Wildman–Crippen LogP) is 3.45. The van der Waals surface area contributed by atoms with E-state index in [2.05, 4.69) is 11.9 Å². The zero-order chi connectivity index (χ0) is 20.3. The monoisotopic (exact) mass is 412 g/mol. The van der Waals surface area contributed by atoms with Crippen LogP contribution in [-0.2, 0) is 16.0 Å². The lowest BCUT2D eigenvalue weighted by atomic mass is 10.00. The van der Waals surface area contributed by atoms with E-state index in [9.17, 15) is 14.7 Å². The van der Waals surface area contributed by atoms with Crippen LogP contribution in [0.15, 0.2) is 60.7 Å². The number of amides is 2. The van der Waals surface area contributed by atoms with Crippen molar-refractivity contribution in [3.63, 3.8) is 0 Å². The molecular weight excluding hydrogens is 396 g/mol. The number of hydrogen-bond donors (Lipinski definition) is 2. The first-order chi connectivity index (χ1) is 13.4. The van der Waals surface area contributed by atoms with E-state index in [4.69, 9.17) is 23.8 Å². The van der Waals surface area contributed by atoms with Crippen LogP contribution < -0.4 is 5.32 Å². The molecule has 0 radical (unpaired) electrons. The Morgan fingerprint density at radius 1 is 1.21 bits per heavy atom. The Morgan fingerprint density at radius 2 is 1.96 bits per heavy atom. The summed E-state index contributed by atoms with van der Waals surface area (Å²) in [5.74, 6) is -1.18. The summed E-state index contributed by atoms with van der Waals surface area (Å²) in [7, 11) is 0. The first-order valence-electron chi connectivity index (χ1n) is 8.45. The Kier molecular flexibility index (Phi) is 5.92. The Hall–Kier alpha value is -2.96. The molecule has 7 heteroatoms. The Bertz CT molecular complexity index is 1020. The van der Waals surface area contributed by atoms with E-state index in [-0.39, 0.29) is 23.0 Å². The molecule has 2 N–H and O–H groups in total. The van der Waals surface area contributed by atoms with Gasteiger partial charge in [0, 0.05) is 17.1 Å². The van der Waals surface area contributed by atoms with E-state index in [1.54, 1.807) is 12.1 Å². The predicted molar refractivity (Wildman–Crippen MR) is 113 cm³/mol. The lowest BCUT2D eigenvalue weighted by Gasteiger charge is -2.27. The molecule has 2 amide bonds. The molecule has 0 saturated carbocycles. The topological polar surface area (TPSA) is 69.6 Å². The van der Waals surface area contributed by atoms with Gasteiger partial charge >= 0.3 is 0 Å². The summed E-state index contributed by atoms with van der Waals surface area (Å²) in [5, 5.41) is 13.4. The van der Waals surface area contributed by atoms with Crippen LogP contribution in [0.4, 0.5) is 0 Å². The molecule has 0 unspecified atom stereocenters. The van der Waals surface area contributed by atoms with Gasteiger partial charge in [-0.2, -0.15) is 0 Å². The molecule has 0 atom stereocenters. The third kappa shape index (κ3) is 4.13. The number of phenolic OH excluding ortho intramolecular Hbond substituents is 1. The number of rotatable bonds is 5. The molecule has 0 aromatic heterocycles. The van der Waals surface area contributed by atoms with Crippen molar-refractivity contribution in [2.24, 2.45) is 0 Å². The molecule has 1 saturated heterocycles. The number of aromatic hydroxyl groups is 1. The van der Waals surface area contributed by atoms with Gasteiger partial charge in [-0.05, 0) is 54.0 Å². The number of nitrogens with zero attached hydrogens (tertiary/aromatic N) is 1. The van der Waals surface area contributed by atoms with Gasteiger partial charge in [0.2, 0.25) is 0 Å². The van der Waals surface area contributed by atoms with Crippen molar-refractivity contribution >= 4 is 46.8 Å². The fourth-order valence-corrected chi connectivity index (χ4v) is 3.29. The highest BCUT2D eigenvalue weighted by Crippen LogP contribution is 2.26. The number of nitrogens with one attached hydrogen (secondary N) is 1. The van der Waals surface area contributed by atoms with Gasteiger partial charge in [0.25, 0.3) is 11.8 Å². The highest BCUT2D eigenvalue weighted by Gasteiger charge is 2.32.